The monoisotopic (exact) mass is 283 g/mol. The van der Waals surface area contributed by atoms with Gasteiger partial charge in [0.2, 0.25) is 0 Å². The van der Waals surface area contributed by atoms with Crippen LogP contribution >= 0.6 is 0 Å². The smallest absolute Gasteiger partial charge is 0.343 e. The molecule has 0 amide bonds. The van der Waals surface area contributed by atoms with Gasteiger partial charge in [-0.15, -0.1) is 0 Å². The number of nitrogens with zero attached hydrogens (tertiary/aromatic N) is 1. The highest BCUT2D eigenvalue weighted by atomic mass is 16.5. The summed E-state index contributed by atoms with van der Waals surface area (Å²) in [5, 5.41) is 0. The minimum absolute atomic E-state index is 0.104. The zero-order valence-electron chi connectivity index (χ0n) is 12.1. The van der Waals surface area contributed by atoms with Gasteiger partial charge >= 0.3 is 5.97 Å². The van der Waals surface area contributed by atoms with E-state index in [1.807, 2.05) is 22.8 Å². The van der Waals surface area contributed by atoms with Crippen LogP contribution in [0.1, 0.15) is 35.8 Å². The third-order valence-electron chi connectivity index (χ3n) is 3.86. The van der Waals surface area contributed by atoms with Crippen LogP contribution in [-0.2, 0) is 11.2 Å². The molecule has 1 aromatic carbocycles. The Bertz CT molecular complexity index is 761. The molecule has 0 saturated heterocycles. The molecule has 21 heavy (non-hydrogen) atoms. The molecule has 1 aromatic heterocycles. The van der Waals surface area contributed by atoms with Gasteiger partial charge in [-0.05, 0) is 25.8 Å². The first kappa shape index (κ1) is 13.6. The van der Waals surface area contributed by atoms with Crippen molar-refractivity contribution in [2.45, 2.75) is 26.3 Å². The average molecular weight is 283 g/mol. The summed E-state index contributed by atoms with van der Waals surface area (Å²) in [5.41, 5.74) is 2.97. The second-order valence-corrected chi connectivity index (χ2v) is 5.27. The number of fused-ring (bicyclic) bond motifs is 3. The number of rotatable bonds is 2. The van der Waals surface area contributed by atoms with Gasteiger partial charge in [0.1, 0.15) is 5.56 Å². The van der Waals surface area contributed by atoms with E-state index in [0.717, 1.165) is 17.7 Å². The SMILES string of the molecule is CCOC(=O)c1cn2c(cc1=O)-c1ccccc1C[C@H]2C. The molecule has 0 unspecified atom stereocenters. The highest BCUT2D eigenvalue weighted by Crippen LogP contribution is 2.33. The predicted octanol–water partition coefficient (Wildman–Crippen LogP) is 2.81. The quantitative estimate of drug-likeness (QED) is 0.796. The van der Waals surface area contributed by atoms with E-state index < -0.39 is 5.97 Å². The van der Waals surface area contributed by atoms with Crippen LogP contribution in [0.3, 0.4) is 0 Å². The largest absolute Gasteiger partial charge is 0.462 e. The second kappa shape index (κ2) is 5.20. The van der Waals surface area contributed by atoms with E-state index in [-0.39, 0.29) is 23.6 Å². The number of carbonyl (C=O) groups excluding carboxylic acids is 1. The molecule has 1 atom stereocenters. The molecule has 4 nitrogen and oxygen atoms in total. The number of carbonyl (C=O) groups is 1. The molecular formula is C17H17NO3. The van der Waals surface area contributed by atoms with Gasteiger partial charge in [-0.2, -0.15) is 0 Å². The molecule has 1 aliphatic heterocycles. The fraction of sp³-hybridized carbons (Fsp3) is 0.294. The molecule has 4 heteroatoms. The van der Waals surface area contributed by atoms with Crippen LogP contribution in [0, 0.1) is 0 Å². The Balaban J connectivity index is 2.18. The Kier molecular flexibility index (Phi) is 3.37. The van der Waals surface area contributed by atoms with Crippen LogP contribution in [-0.4, -0.2) is 17.1 Å². The fourth-order valence-corrected chi connectivity index (χ4v) is 2.86. The summed E-state index contributed by atoms with van der Waals surface area (Å²) in [7, 11) is 0. The standard InChI is InChI=1S/C17H17NO3/c1-3-21-17(20)14-10-18-11(2)8-12-6-4-5-7-13(12)15(18)9-16(14)19/h4-7,9-11H,3,8H2,1-2H3/t11-/m1/s1. The van der Waals surface area contributed by atoms with Crippen molar-refractivity contribution in [1.82, 2.24) is 4.57 Å². The number of hydrogen-bond donors (Lipinski definition) is 0. The molecule has 0 N–H and O–H groups in total. The van der Waals surface area contributed by atoms with Crippen LogP contribution in [0.15, 0.2) is 41.3 Å². The van der Waals surface area contributed by atoms with Crippen molar-refractivity contribution >= 4 is 5.97 Å². The summed E-state index contributed by atoms with van der Waals surface area (Å²) in [6.45, 7) is 4.07. The number of benzene rings is 1. The van der Waals surface area contributed by atoms with E-state index in [1.165, 1.54) is 5.56 Å². The van der Waals surface area contributed by atoms with Crippen LogP contribution in [0.4, 0.5) is 0 Å². The van der Waals surface area contributed by atoms with Gasteiger partial charge in [-0.25, -0.2) is 4.79 Å². The Morgan fingerprint density at radius 1 is 1.38 bits per heavy atom. The number of esters is 1. The van der Waals surface area contributed by atoms with Gasteiger partial charge in [-0.1, -0.05) is 24.3 Å². The Morgan fingerprint density at radius 2 is 2.14 bits per heavy atom. The molecule has 3 rings (SSSR count). The van der Waals surface area contributed by atoms with E-state index in [0.29, 0.717) is 0 Å². The minimum atomic E-state index is -0.552. The first-order valence-corrected chi connectivity index (χ1v) is 7.13. The number of ether oxygens (including phenoxy) is 1. The van der Waals surface area contributed by atoms with Gasteiger partial charge in [0.15, 0.2) is 5.43 Å². The molecule has 2 heterocycles. The first-order chi connectivity index (χ1) is 10.1. The molecule has 0 spiro atoms. The number of pyridine rings is 1. The van der Waals surface area contributed by atoms with Crippen molar-refractivity contribution < 1.29 is 9.53 Å². The molecule has 1 aliphatic rings. The highest BCUT2D eigenvalue weighted by molar-refractivity contribution is 5.89. The van der Waals surface area contributed by atoms with E-state index in [2.05, 4.69) is 13.0 Å². The van der Waals surface area contributed by atoms with Gasteiger partial charge in [0.25, 0.3) is 0 Å². The predicted molar refractivity (Wildman–Crippen MR) is 80.5 cm³/mol. The third kappa shape index (κ3) is 2.27. The van der Waals surface area contributed by atoms with Crippen molar-refractivity contribution in [3.05, 3.63) is 57.9 Å². The van der Waals surface area contributed by atoms with Gasteiger partial charge < -0.3 is 9.30 Å². The average Bonchev–Trinajstić information content (AvgIpc) is 2.47. The molecule has 0 radical (unpaired) electrons. The van der Waals surface area contributed by atoms with Crippen LogP contribution in [0.25, 0.3) is 11.3 Å². The highest BCUT2D eigenvalue weighted by Gasteiger charge is 2.23. The molecule has 108 valence electrons. The topological polar surface area (TPSA) is 48.3 Å². The van der Waals surface area contributed by atoms with Crippen molar-refractivity contribution in [1.29, 1.82) is 0 Å². The van der Waals surface area contributed by atoms with Crippen molar-refractivity contribution in [3.8, 4) is 11.3 Å². The number of aromatic nitrogens is 1. The van der Waals surface area contributed by atoms with E-state index in [1.54, 1.807) is 19.2 Å². The van der Waals surface area contributed by atoms with Gasteiger partial charge in [0.05, 0.1) is 12.3 Å². The molecule has 0 fully saturated rings. The van der Waals surface area contributed by atoms with Crippen molar-refractivity contribution in [3.63, 3.8) is 0 Å². The van der Waals surface area contributed by atoms with Crippen LogP contribution in [0.2, 0.25) is 0 Å². The Morgan fingerprint density at radius 3 is 2.90 bits per heavy atom. The molecule has 0 saturated carbocycles. The zero-order valence-corrected chi connectivity index (χ0v) is 12.1. The Hall–Kier alpha value is -2.36. The van der Waals surface area contributed by atoms with Crippen molar-refractivity contribution in [2.24, 2.45) is 0 Å². The lowest BCUT2D eigenvalue weighted by Gasteiger charge is -2.28. The maximum Gasteiger partial charge on any atom is 0.343 e. The number of hydrogen-bond acceptors (Lipinski definition) is 3. The summed E-state index contributed by atoms with van der Waals surface area (Å²) in [6, 6.07) is 9.80. The van der Waals surface area contributed by atoms with E-state index >= 15 is 0 Å². The zero-order chi connectivity index (χ0) is 15.0. The van der Waals surface area contributed by atoms with Gasteiger partial charge in [0, 0.05) is 23.9 Å². The lowest BCUT2D eigenvalue weighted by atomic mass is 9.93. The van der Waals surface area contributed by atoms with Crippen LogP contribution in [0.5, 0.6) is 0 Å². The molecular weight excluding hydrogens is 266 g/mol. The molecule has 0 bridgehead atoms. The van der Waals surface area contributed by atoms with Gasteiger partial charge in [-0.3, -0.25) is 4.79 Å². The molecule has 0 aliphatic carbocycles. The maximum absolute atomic E-state index is 12.2. The minimum Gasteiger partial charge on any atom is -0.462 e. The second-order valence-electron chi connectivity index (χ2n) is 5.27. The lowest BCUT2D eigenvalue weighted by Crippen LogP contribution is -2.25. The summed E-state index contributed by atoms with van der Waals surface area (Å²) < 4.78 is 6.95. The summed E-state index contributed by atoms with van der Waals surface area (Å²) in [4.78, 5) is 24.1. The maximum atomic E-state index is 12.2. The molecule has 2 aromatic rings. The summed E-state index contributed by atoms with van der Waals surface area (Å²) >= 11 is 0. The van der Waals surface area contributed by atoms with Crippen molar-refractivity contribution in [2.75, 3.05) is 6.61 Å². The van der Waals surface area contributed by atoms with E-state index in [4.69, 9.17) is 4.74 Å². The lowest BCUT2D eigenvalue weighted by molar-refractivity contribution is 0.0523. The Labute approximate surface area is 123 Å². The summed E-state index contributed by atoms with van der Waals surface area (Å²) in [6.07, 6.45) is 2.52. The normalized spacial score (nSPS) is 16.0. The summed E-state index contributed by atoms with van der Waals surface area (Å²) in [5.74, 6) is -0.552. The first-order valence-electron chi connectivity index (χ1n) is 7.13. The van der Waals surface area contributed by atoms with E-state index in [9.17, 15) is 9.59 Å². The van der Waals surface area contributed by atoms with Crippen LogP contribution < -0.4 is 5.43 Å². The fourth-order valence-electron chi connectivity index (χ4n) is 2.86. The third-order valence-corrected chi connectivity index (χ3v) is 3.86.